The molecule has 0 saturated carbocycles. The van der Waals surface area contributed by atoms with Crippen LogP contribution in [0.5, 0.6) is 5.75 Å². The molecule has 0 bridgehead atoms. The number of thioether (sulfide) groups is 1. The summed E-state index contributed by atoms with van der Waals surface area (Å²) in [5, 5.41) is -0.124. The molecule has 1 unspecified atom stereocenters. The second-order valence-corrected chi connectivity index (χ2v) is 6.72. The minimum Gasteiger partial charge on any atom is -0.497 e. The summed E-state index contributed by atoms with van der Waals surface area (Å²) in [5.41, 5.74) is 7.65. The SMILES string of the molecule is CCOC(=O)C(Sc1nc2c(C(N)=O)cccc2[nH]1)c1ccc(OC)cc1. The molecule has 1 amide bonds. The van der Waals surface area contributed by atoms with Crippen molar-refractivity contribution in [1.29, 1.82) is 0 Å². The summed E-state index contributed by atoms with van der Waals surface area (Å²) >= 11 is 1.22. The van der Waals surface area contributed by atoms with Crippen LogP contribution in [0.4, 0.5) is 0 Å². The number of hydrogen-bond donors (Lipinski definition) is 2. The number of aromatic nitrogens is 2. The first-order valence-corrected chi connectivity index (χ1v) is 9.17. The summed E-state index contributed by atoms with van der Waals surface area (Å²) in [6.07, 6.45) is 0. The Bertz CT molecular complexity index is 969. The molecule has 0 radical (unpaired) electrons. The fourth-order valence-corrected chi connectivity index (χ4v) is 3.62. The normalized spacial score (nSPS) is 11.9. The van der Waals surface area contributed by atoms with E-state index < -0.39 is 11.2 Å². The van der Waals surface area contributed by atoms with Gasteiger partial charge in [0.1, 0.15) is 16.5 Å². The highest BCUT2D eigenvalue weighted by atomic mass is 32.2. The second kappa shape index (κ2) is 8.13. The number of aromatic amines is 1. The zero-order valence-corrected chi connectivity index (χ0v) is 15.7. The molecule has 8 heteroatoms. The maximum Gasteiger partial charge on any atom is 0.324 e. The number of fused-ring (bicyclic) bond motifs is 1. The number of rotatable bonds is 7. The molecule has 27 heavy (non-hydrogen) atoms. The first kappa shape index (κ1) is 18.8. The third-order valence-electron chi connectivity index (χ3n) is 3.91. The van der Waals surface area contributed by atoms with Crippen LogP contribution in [0, 0.1) is 0 Å². The number of nitrogens with zero attached hydrogens (tertiary/aromatic N) is 1. The standard InChI is InChI=1S/C19H19N3O4S/c1-3-26-18(24)16(11-7-9-12(25-2)10-8-11)27-19-21-14-6-4-5-13(17(20)23)15(14)22-19/h4-10,16H,3H2,1-2H3,(H2,20,23)(H,21,22). The number of nitrogens with one attached hydrogen (secondary N) is 1. The maximum absolute atomic E-state index is 12.5. The number of nitrogens with two attached hydrogens (primary N) is 1. The van der Waals surface area contributed by atoms with E-state index in [2.05, 4.69) is 9.97 Å². The van der Waals surface area contributed by atoms with E-state index in [0.29, 0.717) is 27.5 Å². The lowest BCUT2D eigenvalue weighted by molar-refractivity contribution is -0.142. The van der Waals surface area contributed by atoms with Crippen molar-refractivity contribution in [2.45, 2.75) is 17.3 Å². The fraction of sp³-hybridized carbons (Fsp3) is 0.211. The molecule has 140 valence electrons. The molecule has 2 aromatic carbocycles. The van der Waals surface area contributed by atoms with Gasteiger partial charge in [0, 0.05) is 0 Å². The van der Waals surface area contributed by atoms with Gasteiger partial charge in [-0.2, -0.15) is 0 Å². The van der Waals surface area contributed by atoms with Crippen molar-refractivity contribution in [1.82, 2.24) is 9.97 Å². The number of carbonyl (C=O) groups is 2. The molecule has 1 heterocycles. The van der Waals surface area contributed by atoms with Crippen LogP contribution in [0.15, 0.2) is 47.6 Å². The molecule has 0 aliphatic heterocycles. The fourth-order valence-electron chi connectivity index (χ4n) is 2.62. The van der Waals surface area contributed by atoms with E-state index in [-0.39, 0.29) is 12.6 Å². The Balaban J connectivity index is 1.96. The number of benzene rings is 2. The van der Waals surface area contributed by atoms with Crippen molar-refractivity contribution in [2.24, 2.45) is 5.73 Å². The minimum absolute atomic E-state index is 0.276. The molecule has 0 aliphatic rings. The predicted molar refractivity (Wildman–Crippen MR) is 103 cm³/mol. The quantitative estimate of drug-likeness (QED) is 0.478. The summed E-state index contributed by atoms with van der Waals surface area (Å²) in [6, 6.07) is 12.3. The van der Waals surface area contributed by atoms with Gasteiger partial charge < -0.3 is 20.2 Å². The predicted octanol–water partition coefficient (Wildman–Crippen LogP) is 3.07. The van der Waals surface area contributed by atoms with Crippen LogP contribution < -0.4 is 10.5 Å². The third-order valence-corrected chi connectivity index (χ3v) is 5.02. The van der Waals surface area contributed by atoms with E-state index in [1.807, 2.05) is 12.1 Å². The largest absolute Gasteiger partial charge is 0.497 e. The summed E-state index contributed by atoms with van der Waals surface area (Å²) < 4.78 is 10.4. The van der Waals surface area contributed by atoms with Gasteiger partial charge in [0.15, 0.2) is 5.16 Å². The zero-order valence-electron chi connectivity index (χ0n) is 14.9. The Morgan fingerprint density at radius 1 is 1.22 bits per heavy atom. The molecule has 1 aromatic heterocycles. The van der Waals surface area contributed by atoms with Crippen LogP contribution in [-0.4, -0.2) is 35.6 Å². The van der Waals surface area contributed by atoms with Crippen LogP contribution in [0.1, 0.15) is 28.1 Å². The highest BCUT2D eigenvalue weighted by Crippen LogP contribution is 2.36. The first-order chi connectivity index (χ1) is 13.0. The zero-order chi connectivity index (χ0) is 19.4. The number of carbonyl (C=O) groups excluding carboxylic acids is 2. The van der Waals surface area contributed by atoms with Crippen molar-refractivity contribution >= 4 is 34.7 Å². The number of ether oxygens (including phenoxy) is 2. The van der Waals surface area contributed by atoms with Crippen molar-refractivity contribution in [3.05, 3.63) is 53.6 Å². The van der Waals surface area contributed by atoms with E-state index in [4.69, 9.17) is 15.2 Å². The van der Waals surface area contributed by atoms with Gasteiger partial charge in [-0.05, 0) is 36.8 Å². The second-order valence-electron chi connectivity index (χ2n) is 5.63. The minimum atomic E-state index is -0.617. The summed E-state index contributed by atoms with van der Waals surface area (Å²) in [4.78, 5) is 31.7. The number of para-hydroxylation sites is 1. The molecular formula is C19H19N3O4S. The molecule has 3 N–H and O–H groups in total. The highest BCUT2D eigenvalue weighted by Gasteiger charge is 2.25. The third kappa shape index (κ3) is 4.06. The molecule has 3 aromatic rings. The molecule has 1 atom stereocenters. The summed E-state index contributed by atoms with van der Waals surface area (Å²) in [7, 11) is 1.58. The van der Waals surface area contributed by atoms with Crippen LogP contribution in [-0.2, 0) is 9.53 Å². The molecule has 0 aliphatic carbocycles. The van der Waals surface area contributed by atoms with E-state index in [1.165, 1.54) is 11.8 Å². The van der Waals surface area contributed by atoms with Crippen LogP contribution in [0.2, 0.25) is 0 Å². The van der Waals surface area contributed by atoms with Crippen molar-refractivity contribution in [3.63, 3.8) is 0 Å². The van der Waals surface area contributed by atoms with Gasteiger partial charge in [-0.25, -0.2) is 4.98 Å². The Hall–Kier alpha value is -3.00. The Morgan fingerprint density at radius 3 is 2.59 bits per heavy atom. The Morgan fingerprint density at radius 2 is 1.96 bits per heavy atom. The van der Waals surface area contributed by atoms with Gasteiger partial charge in [-0.15, -0.1) is 0 Å². The van der Waals surface area contributed by atoms with Gasteiger partial charge in [0.2, 0.25) is 0 Å². The molecule has 0 fully saturated rings. The number of esters is 1. The number of amides is 1. The number of methoxy groups -OCH3 is 1. The average Bonchev–Trinajstić information content (AvgIpc) is 3.09. The number of primary amides is 1. The Labute approximate surface area is 160 Å². The van der Waals surface area contributed by atoms with E-state index in [1.54, 1.807) is 44.4 Å². The lowest BCUT2D eigenvalue weighted by atomic mass is 10.1. The number of imidazole rings is 1. The van der Waals surface area contributed by atoms with Crippen LogP contribution >= 0.6 is 11.8 Å². The van der Waals surface area contributed by atoms with Crippen LogP contribution in [0.3, 0.4) is 0 Å². The van der Waals surface area contributed by atoms with Gasteiger partial charge in [-0.3, -0.25) is 9.59 Å². The maximum atomic E-state index is 12.5. The highest BCUT2D eigenvalue weighted by molar-refractivity contribution is 8.00. The summed E-state index contributed by atoms with van der Waals surface area (Å²) in [5.74, 6) is -0.231. The Kier molecular flexibility index (Phi) is 5.66. The monoisotopic (exact) mass is 385 g/mol. The van der Waals surface area contributed by atoms with E-state index >= 15 is 0 Å². The topological polar surface area (TPSA) is 107 Å². The molecule has 0 saturated heterocycles. The molecule has 0 spiro atoms. The lowest BCUT2D eigenvalue weighted by Crippen LogP contribution is -2.13. The summed E-state index contributed by atoms with van der Waals surface area (Å²) in [6.45, 7) is 2.03. The van der Waals surface area contributed by atoms with Crippen molar-refractivity contribution in [3.8, 4) is 5.75 Å². The molecule has 3 rings (SSSR count). The smallest absolute Gasteiger partial charge is 0.324 e. The van der Waals surface area contributed by atoms with Gasteiger partial charge in [-0.1, -0.05) is 30.0 Å². The van der Waals surface area contributed by atoms with Crippen LogP contribution in [0.25, 0.3) is 11.0 Å². The first-order valence-electron chi connectivity index (χ1n) is 8.29. The van der Waals surface area contributed by atoms with Gasteiger partial charge in [0.25, 0.3) is 5.91 Å². The van der Waals surface area contributed by atoms with Crippen molar-refractivity contribution < 1.29 is 19.1 Å². The molecule has 7 nitrogen and oxygen atoms in total. The molecular weight excluding hydrogens is 366 g/mol. The average molecular weight is 385 g/mol. The van der Waals surface area contributed by atoms with E-state index in [9.17, 15) is 9.59 Å². The number of hydrogen-bond acceptors (Lipinski definition) is 6. The van der Waals surface area contributed by atoms with Gasteiger partial charge >= 0.3 is 5.97 Å². The van der Waals surface area contributed by atoms with Crippen molar-refractivity contribution in [2.75, 3.05) is 13.7 Å². The van der Waals surface area contributed by atoms with E-state index in [0.717, 1.165) is 5.56 Å². The number of H-pyrrole nitrogens is 1. The lowest BCUT2D eigenvalue weighted by Gasteiger charge is -2.14. The van der Waals surface area contributed by atoms with Gasteiger partial charge in [0.05, 0.1) is 24.8 Å².